The maximum Gasteiger partial charge on any atom is 0.213 e. The lowest BCUT2D eigenvalue weighted by atomic mass is 10.1. The van der Waals surface area contributed by atoms with E-state index in [-0.39, 0.29) is 54.4 Å². The van der Waals surface area contributed by atoms with Crippen molar-refractivity contribution >= 4 is 40.0 Å². The quantitative estimate of drug-likeness (QED) is 0.306. The Bertz CT molecular complexity index is 409. The highest BCUT2D eigenvalue weighted by Crippen LogP contribution is 2.11. The number of nitrogens with one attached hydrogen (secondary N) is 2. The van der Waals surface area contributed by atoms with Gasteiger partial charge in [0.05, 0.1) is 18.4 Å². The van der Waals surface area contributed by atoms with Crippen LogP contribution in [-0.2, 0) is 14.8 Å². The van der Waals surface area contributed by atoms with Crippen LogP contribution in [0.5, 0.6) is 0 Å². The lowest BCUT2D eigenvalue weighted by Crippen LogP contribution is -2.38. The highest BCUT2D eigenvalue weighted by molar-refractivity contribution is 14.0. The number of halogens is 1. The van der Waals surface area contributed by atoms with Gasteiger partial charge < -0.3 is 15.8 Å². The summed E-state index contributed by atoms with van der Waals surface area (Å²) in [4.78, 5) is 3.98. The Morgan fingerprint density at radius 3 is 2.71 bits per heavy atom. The van der Waals surface area contributed by atoms with Crippen LogP contribution in [0.15, 0.2) is 4.99 Å². The van der Waals surface area contributed by atoms with Gasteiger partial charge in [-0.05, 0) is 33.1 Å². The molecule has 0 saturated carbocycles. The van der Waals surface area contributed by atoms with Gasteiger partial charge in [-0.15, -0.1) is 24.0 Å². The van der Waals surface area contributed by atoms with Crippen molar-refractivity contribution in [3.05, 3.63) is 0 Å². The number of hydrogen-bond donors (Lipinski definition) is 3. The lowest BCUT2D eigenvalue weighted by Gasteiger charge is -2.22. The summed E-state index contributed by atoms with van der Waals surface area (Å²) in [5, 5.41) is 2.91. The third-order valence-corrected chi connectivity index (χ3v) is 4.21. The minimum atomic E-state index is -3.33. The first-order valence-electron chi connectivity index (χ1n) is 7.04. The molecule has 7 nitrogen and oxygen atoms in total. The number of ether oxygens (including phenoxy) is 1. The maximum atomic E-state index is 11.8. The normalized spacial score (nSPS) is 20.1. The van der Waals surface area contributed by atoms with E-state index in [1.165, 1.54) is 0 Å². The average molecular weight is 434 g/mol. The Morgan fingerprint density at radius 2 is 2.14 bits per heavy atom. The molecular formula is C12H27IN4O3S. The molecule has 0 aromatic rings. The fraction of sp³-hybridized carbons (Fsp3) is 0.917. The van der Waals surface area contributed by atoms with Gasteiger partial charge in [0.1, 0.15) is 0 Å². The molecule has 1 rings (SSSR count). The highest BCUT2D eigenvalue weighted by atomic mass is 127. The highest BCUT2D eigenvalue weighted by Gasteiger charge is 2.17. The molecule has 1 aliphatic heterocycles. The first kappa shape index (κ1) is 20.9. The van der Waals surface area contributed by atoms with E-state index in [4.69, 9.17) is 10.5 Å². The topological polar surface area (TPSA) is 106 Å². The Morgan fingerprint density at radius 1 is 1.43 bits per heavy atom. The molecule has 1 saturated heterocycles. The van der Waals surface area contributed by atoms with E-state index in [2.05, 4.69) is 15.0 Å². The molecule has 0 aromatic carbocycles. The first-order chi connectivity index (χ1) is 9.39. The molecule has 1 aliphatic rings. The van der Waals surface area contributed by atoms with E-state index in [0.717, 1.165) is 19.3 Å². The molecule has 1 fully saturated rings. The summed E-state index contributed by atoms with van der Waals surface area (Å²) >= 11 is 0. The van der Waals surface area contributed by atoms with Crippen LogP contribution < -0.4 is 15.8 Å². The number of rotatable bonds is 7. The number of hydrogen-bond acceptors (Lipinski definition) is 4. The van der Waals surface area contributed by atoms with Crippen LogP contribution in [0.2, 0.25) is 0 Å². The van der Waals surface area contributed by atoms with Gasteiger partial charge in [0.2, 0.25) is 10.0 Å². The smallest absolute Gasteiger partial charge is 0.213 e. The van der Waals surface area contributed by atoms with E-state index in [1.807, 2.05) is 13.8 Å². The maximum absolute atomic E-state index is 11.8. The SMILES string of the molecule is CC(C)NC(N)=NCCS(=O)(=O)NCC1CCCCO1.I. The van der Waals surface area contributed by atoms with Gasteiger partial charge in [0.25, 0.3) is 0 Å². The summed E-state index contributed by atoms with van der Waals surface area (Å²) in [5.41, 5.74) is 5.60. The molecule has 0 radical (unpaired) electrons. The Kier molecular flexibility index (Phi) is 10.5. The molecule has 126 valence electrons. The second kappa shape index (κ2) is 10.6. The van der Waals surface area contributed by atoms with Crippen LogP contribution in [0, 0.1) is 0 Å². The minimum absolute atomic E-state index is 0. The van der Waals surface area contributed by atoms with E-state index in [1.54, 1.807) is 0 Å². The fourth-order valence-electron chi connectivity index (χ4n) is 1.89. The summed E-state index contributed by atoms with van der Waals surface area (Å²) < 4.78 is 31.6. The summed E-state index contributed by atoms with van der Waals surface area (Å²) in [7, 11) is -3.33. The number of nitrogens with zero attached hydrogens (tertiary/aromatic N) is 1. The van der Waals surface area contributed by atoms with Crippen LogP contribution in [0.25, 0.3) is 0 Å². The van der Waals surface area contributed by atoms with Gasteiger partial charge in [-0.3, -0.25) is 4.99 Å². The van der Waals surface area contributed by atoms with Crippen LogP contribution >= 0.6 is 24.0 Å². The van der Waals surface area contributed by atoms with Crippen LogP contribution in [0.1, 0.15) is 33.1 Å². The zero-order valence-electron chi connectivity index (χ0n) is 12.7. The number of guanidine groups is 1. The van der Waals surface area contributed by atoms with Crippen molar-refractivity contribution in [2.75, 3.05) is 25.4 Å². The number of nitrogens with two attached hydrogens (primary N) is 1. The molecule has 4 N–H and O–H groups in total. The fourth-order valence-corrected chi connectivity index (χ4v) is 2.80. The average Bonchev–Trinajstić information content (AvgIpc) is 2.36. The van der Waals surface area contributed by atoms with Crippen molar-refractivity contribution < 1.29 is 13.2 Å². The zero-order chi connectivity index (χ0) is 15.0. The molecule has 0 aromatic heterocycles. The molecular weight excluding hydrogens is 407 g/mol. The molecule has 0 amide bonds. The van der Waals surface area contributed by atoms with Crippen molar-refractivity contribution in [3.63, 3.8) is 0 Å². The van der Waals surface area contributed by atoms with E-state index in [9.17, 15) is 8.42 Å². The van der Waals surface area contributed by atoms with Crippen molar-refractivity contribution in [1.29, 1.82) is 0 Å². The monoisotopic (exact) mass is 434 g/mol. The first-order valence-corrected chi connectivity index (χ1v) is 8.69. The van der Waals surface area contributed by atoms with Crippen molar-refractivity contribution in [1.82, 2.24) is 10.0 Å². The summed E-state index contributed by atoms with van der Waals surface area (Å²) in [6, 6.07) is 0.178. The van der Waals surface area contributed by atoms with Crippen molar-refractivity contribution in [2.45, 2.75) is 45.3 Å². The van der Waals surface area contributed by atoms with Crippen LogP contribution in [-0.4, -0.2) is 52.0 Å². The number of sulfonamides is 1. The molecule has 1 heterocycles. The van der Waals surface area contributed by atoms with Crippen molar-refractivity contribution in [2.24, 2.45) is 10.7 Å². The van der Waals surface area contributed by atoms with Gasteiger partial charge in [-0.25, -0.2) is 13.1 Å². The van der Waals surface area contributed by atoms with Gasteiger partial charge in [-0.1, -0.05) is 0 Å². The molecule has 0 spiro atoms. The molecule has 1 atom stereocenters. The van der Waals surface area contributed by atoms with E-state index in [0.29, 0.717) is 13.2 Å². The van der Waals surface area contributed by atoms with Gasteiger partial charge in [0, 0.05) is 19.2 Å². The van der Waals surface area contributed by atoms with Gasteiger partial charge in [0.15, 0.2) is 5.96 Å². The van der Waals surface area contributed by atoms with E-state index < -0.39 is 10.0 Å². The molecule has 9 heteroatoms. The van der Waals surface area contributed by atoms with Gasteiger partial charge in [-0.2, -0.15) is 0 Å². The van der Waals surface area contributed by atoms with Crippen LogP contribution in [0.4, 0.5) is 0 Å². The molecule has 0 bridgehead atoms. The second-order valence-electron chi connectivity index (χ2n) is 5.22. The third-order valence-electron chi connectivity index (χ3n) is 2.88. The Labute approximate surface area is 144 Å². The number of aliphatic imine (C=N–C) groups is 1. The summed E-state index contributed by atoms with van der Waals surface area (Å²) in [6.45, 7) is 5.07. The van der Waals surface area contributed by atoms with Crippen molar-refractivity contribution in [3.8, 4) is 0 Å². The van der Waals surface area contributed by atoms with Crippen LogP contribution in [0.3, 0.4) is 0 Å². The summed E-state index contributed by atoms with van der Waals surface area (Å²) in [5.74, 6) is 0.200. The molecule has 0 aliphatic carbocycles. The summed E-state index contributed by atoms with van der Waals surface area (Å²) in [6.07, 6.45) is 3.05. The molecule has 21 heavy (non-hydrogen) atoms. The Balaban J connectivity index is 0.00000400. The predicted octanol–water partition coefficient (Wildman–Crippen LogP) is 0.406. The zero-order valence-corrected chi connectivity index (χ0v) is 15.8. The Hall–Kier alpha value is -0.130. The van der Waals surface area contributed by atoms with E-state index >= 15 is 0 Å². The minimum Gasteiger partial charge on any atom is -0.377 e. The predicted molar refractivity (Wildman–Crippen MR) is 95.6 cm³/mol. The largest absolute Gasteiger partial charge is 0.377 e. The lowest BCUT2D eigenvalue weighted by molar-refractivity contribution is 0.0200. The molecule has 1 unspecified atom stereocenters. The third kappa shape index (κ3) is 10.3. The van der Waals surface area contributed by atoms with Gasteiger partial charge >= 0.3 is 0 Å². The second-order valence-corrected chi connectivity index (χ2v) is 7.15. The standard InChI is InChI=1S/C12H26N4O3S.HI/c1-10(2)16-12(13)14-6-8-20(17,18)15-9-11-5-3-4-7-19-11;/h10-11,15H,3-9H2,1-2H3,(H3,13,14,16);1H.